The van der Waals surface area contributed by atoms with Gasteiger partial charge in [-0.25, -0.2) is 0 Å². The number of hydrogen-bond donors (Lipinski definition) is 1. The molecule has 18 heavy (non-hydrogen) atoms. The number of pyridine rings is 1. The van der Waals surface area contributed by atoms with E-state index in [9.17, 15) is 4.79 Å². The molecule has 1 aromatic rings. The third kappa shape index (κ3) is 3.29. The van der Waals surface area contributed by atoms with Crippen molar-refractivity contribution in [2.75, 3.05) is 7.05 Å². The highest BCUT2D eigenvalue weighted by Gasteiger charge is 2.31. The van der Waals surface area contributed by atoms with Gasteiger partial charge in [0, 0.05) is 19.4 Å². The zero-order valence-corrected chi connectivity index (χ0v) is 11.8. The van der Waals surface area contributed by atoms with Crippen molar-refractivity contribution in [3.05, 3.63) is 30.1 Å². The van der Waals surface area contributed by atoms with E-state index in [1.807, 2.05) is 39.8 Å². The molecule has 0 saturated heterocycles. The Hall–Kier alpha value is -1.42. The lowest BCUT2D eigenvalue weighted by Crippen LogP contribution is -2.49. The summed E-state index contributed by atoms with van der Waals surface area (Å²) in [5.41, 5.74) is 6.83. The maximum Gasteiger partial charge on any atom is 0.240 e. The first-order valence-electron chi connectivity index (χ1n) is 6.17. The Bertz CT molecular complexity index is 397. The van der Waals surface area contributed by atoms with Gasteiger partial charge in [-0.05, 0) is 30.0 Å². The smallest absolute Gasteiger partial charge is 0.240 e. The molecule has 0 spiro atoms. The summed E-state index contributed by atoms with van der Waals surface area (Å²) in [4.78, 5) is 18.0. The van der Waals surface area contributed by atoms with E-state index in [0.717, 1.165) is 5.56 Å². The van der Waals surface area contributed by atoms with Crippen LogP contribution in [0.1, 0.15) is 39.3 Å². The van der Waals surface area contributed by atoms with Gasteiger partial charge in [0.05, 0.1) is 12.1 Å². The van der Waals surface area contributed by atoms with Crippen LogP contribution in [0.5, 0.6) is 0 Å². The predicted molar refractivity (Wildman–Crippen MR) is 72.9 cm³/mol. The average molecular weight is 249 g/mol. The second kappa shape index (κ2) is 5.48. The lowest BCUT2D eigenvalue weighted by molar-refractivity contribution is -0.135. The Balaban J connectivity index is 2.82. The van der Waals surface area contributed by atoms with Crippen molar-refractivity contribution in [2.45, 2.75) is 39.8 Å². The molecule has 1 unspecified atom stereocenters. The van der Waals surface area contributed by atoms with Gasteiger partial charge in [-0.15, -0.1) is 0 Å². The van der Waals surface area contributed by atoms with Crippen LogP contribution in [0.4, 0.5) is 0 Å². The van der Waals surface area contributed by atoms with Crippen molar-refractivity contribution in [1.29, 1.82) is 0 Å². The van der Waals surface area contributed by atoms with Crippen LogP contribution in [0, 0.1) is 5.41 Å². The van der Waals surface area contributed by atoms with Crippen LogP contribution in [0.2, 0.25) is 0 Å². The summed E-state index contributed by atoms with van der Waals surface area (Å²) < 4.78 is 0. The Kier molecular flexibility index (Phi) is 4.46. The minimum atomic E-state index is -0.494. The van der Waals surface area contributed by atoms with Gasteiger partial charge in [0.2, 0.25) is 5.91 Å². The monoisotopic (exact) mass is 249 g/mol. The molecule has 2 atom stereocenters. The zero-order valence-electron chi connectivity index (χ0n) is 11.8. The van der Waals surface area contributed by atoms with Crippen molar-refractivity contribution in [1.82, 2.24) is 9.88 Å². The molecule has 0 fully saturated rings. The second-order valence-electron chi connectivity index (χ2n) is 5.75. The van der Waals surface area contributed by atoms with Crippen LogP contribution in [0.15, 0.2) is 24.5 Å². The largest absolute Gasteiger partial charge is 0.338 e. The molecular weight excluding hydrogens is 226 g/mol. The molecule has 0 aliphatic heterocycles. The number of nitrogens with zero attached hydrogens (tertiary/aromatic N) is 2. The van der Waals surface area contributed by atoms with Crippen molar-refractivity contribution in [3.8, 4) is 0 Å². The normalized spacial score (nSPS) is 15.0. The van der Waals surface area contributed by atoms with E-state index in [1.54, 1.807) is 24.3 Å². The number of carbonyl (C=O) groups is 1. The fourth-order valence-corrected chi connectivity index (χ4v) is 1.65. The van der Waals surface area contributed by atoms with Crippen molar-refractivity contribution in [3.63, 3.8) is 0 Å². The van der Waals surface area contributed by atoms with Crippen molar-refractivity contribution >= 4 is 5.91 Å². The van der Waals surface area contributed by atoms with Gasteiger partial charge >= 0.3 is 0 Å². The van der Waals surface area contributed by atoms with Gasteiger partial charge in [0.25, 0.3) is 0 Å². The fourth-order valence-electron chi connectivity index (χ4n) is 1.65. The summed E-state index contributed by atoms with van der Waals surface area (Å²) >= 11 is 0. The van der Waals surface area contributed by atoms with E-state index in [-0.39, 0.29) is 17.4 Å². The summed E-state index contributed by atoms with van der Waals surface area (Å²) in [5, 5.41) is 0. The average Bonchev–Trinajstić information content (AvgIpc) is 2.35. The van der Waals surface area contributed by atoms with Crippen molar-refractivity contribution < 1.29 is 4.79 Å². The number of likely N-dealkylation sites (N-methyl/N-ethyl adjacent to an activating group) is 1. The lowest BCUT2D eigenvalue weighted by atomic mass is 9.86. The molecule has 0 saturated carbocycles. The highest BCUT2D eigenvalue weighted by molar-refractivity contribution is 5.82. The Morgan fingerprint density at radius 3 is 2.28 bits per heavy atom. The zero-order chi connectivity index (χ0) is 13.9. The molecule has 100 valence electrons. The Labute approximate surface area is 109 Å². The summed E-state index contributed by atoms with van der Waals surface area (Å²) in [6.07, 6.45) is 3.46. The summed E-state index contributed by atoms with van der Waals surface area (Å²) in [7, 11) is 1.79. The molecule has 1 amide bonds. The minimum Gasteiger partial charge on any atom is -0.338 e. The molecular formula is C14H23N3O. The Morgan fingerprint density at radius 1 is 1.33 bits per heavy atom. The van der Waals surface area contributed by atoms with Crippen LogP contribution in [0.3, 0.4) is 0 Å². The van der Waals surface area contributed by atoms with Gasteiger partial charge in [-0.3, -0.25) is 9.78 Å². The van der Waals surface area contributed by atoms with Gasteiger partial charge in [-0.1, -0.05) is 20.8 Å². The maximum absolute atomic E-state index is 12.3. The van der Waals surface area contributed by atoms with Gasteiger partial charge in [0.15, 0.2) is 0 Å². The second-order valence-corrected chi connectivity index (χ2v) is 5.75. The summed E-state index contributed by atoms with van der Waals surface area (Å²) in [6.45, 7) is 7.91. The molecule has 4 heteroatoms. The minimum absolute atomic E-state index is 0.00565. The Morgan fingerprint density at radius 2 is 1.83 bits per heavy atom. The number of nitrogens with two attached hydrogens (primary N) is 1. The first kappa shape index (κ1) is 14.6. The third-order valence-electron chi connectivity index (χ3n) is 3.32. The highest BCUT2D eigenvalue weighted by Crippen LogP contribution is 2.23. The SMILES string of the molecule is CC(c1ccncc1)N(C)C(=O)[C@H](N)C(C)(C)C. The summed E-state index contributed by atoms with van der Waals surface area (Å²) in [5.74, 6) is -0.0354. The molecule has 0 radical (unpaired) electrons. The van der Waals surface area contributed by atoms with E-state index in [1.165, 1.54) is 0 Å². The van der Waals surface area contributed by atoms with E-state index in [4.69, 9.17) is 5.73 Å². The molecule has 1 rings (SSSR count). The maximum atomic E-state index is 12.3. The first-order valence-corrected chi connectivity index (χ1v) is 6.17. The molecule has 0 aliphatic carbocycles. The number of amides is 1. The number of aromatic nitrogens is 1. The van der Waals surface area contributed by atoms with Gasteiger partial charge < -0.3 is 10.6 Å². The van der Waals surface area contributed by atoms with Crippen LogP contribution in [-0.4, -0.2) is 28.9 Å². The quantitative estimate of drug-likeness (QED) is 0.891. The van der Waals surface area contributed by atoms with Crippen LogP contribution >= 0.6 is 0 Å². The highest BCUT2D eigenvalue weighted by atomic mass is 16.2. The van der Waals surface area contributed by atoms with Crippen LogP contribution < -0.4 is 5.73 Å². The van der Waals surface area contributed by atoms with Gasteiger partial charge in [-0.2, -0.15) is 0 Å². The fraction of sp³-hybridized carbons (Fsp3) is 0.571. The molecule has 1 heterocycles. The molecule has 0 aromatic carbocycles. The number of hydrogen-bond acceptors (Lipinski definition) is 3. The van der Waals surface area contributed by atoms with Crippen LogP contribution in [0.25, 0.3) is 0 Å². The number of carbonyl (C=O) groups excluding carboxylic acids is 1. The third-order valence-corrected chi connectivity index (χ3v) is 3.32. The molecule has 2 N–H and O–H groups in total. The van der Waals surface area contributed by atoms with E-state index < -0.39 is 6.04 Å². The summed E-state index contributed by atoms with van der Waals surface area (Å²) in [6, 6.07) is 3.33. The number of rotatable bonds is 3. The predicted octanol–water partition coefficient (Wildman–Crippen LogP) is 1.97. The van der Waals surface area contributed by atoms with Crippen molar-refractivity contribution in [2.24, 2.45) is 11.1 Å². The molecule has 1 aromatic heterocycles. The van der Waals surface area contributed by atoms with Gasteiger partial charge in [0.1, 0.15) is 0 Å². The molecule has 0 bridgehead atoms. The van der Waals surface area contributed by atoms with E-state index >= 15 is 0 Å². The molecule has 4 nitrogen and oxygen atoms in total. The topological polar surface area (TPSA) is 59.2 Å². The van der Waals surface area contributed by atoms with E-state index in [2.05, 4.69) is 4.98 Å². The van der Waals surface area contributed by atoms with E-state index in [0.29, 0.717) is 0 Å². The molecule has 0 aliphatic rings. The standard InChI is InChI=1S/C14H23N3O/c1-10(11-6-8-16-9-7-11)17(5)13(18)12(15)14(2,3)4/h6-10,12H,15H2,1-5H3/t10?,12-/m0/s1. The lowest BCUT2D eigenvalue weighted by Gasteiger charge is -2.33. The first-order chi connectivity index (χ1) is 8.25. The van der Waals surface area contributed by atoms with Crippen LogP contribution in [-0.2, 0) is 4.79 Å².